The van der Waals surface area contributed by atoms with E-state index in [-0.39, 0.29) is 21.7 Å². The number of hydrogen-bond acceptors (Lipinski definition) is 5. The molecule has 0 aliphatic carbocycles. The van der Waals surface area contributed by atoms with E-state index in [1.807, 2.05) is 12.1 Å². The van der Waals surface area contributed by atoms with Gasteiger partial charge in [-0.15, -0.1) is 0 Å². The molecule has 10 aromatic rings. The molecule has 0 bridgehead atoms. The second-order valence-corrected chi connectivity index (χ2v) is 23.2. The van der Waals surface area contributed by atoms with Gasteiger partial charge in [0.2, 0.25) is 0 Å². The minimum absolute atomic E-state index is 0.123. The van der Waals surface area contributed by atoms with Gasteiger partial charge in [0.05, 0.1) is 28.1 Å². The van der Waals surface area contributed by atoms with E-state index in [0.29, 0.717) is 23.3 Å². The summed E-state index contributed by atoms with van der Waals surface area (Å²) in [5.74, 6) is 2.40. The lowest BCUT2D eigenvalue weighted by molar-refractivity contribution is 0.568. The van der Waals surface area contributed by atoms with Gasteiger partial charge in [0.25, 0.3) is 0 Å². The predicted octanol–water partition coefficient (Wildman–Crippen LogP) is 17.0. The molecule has 0 fully saturated rings. The van der Waals surface area contributed by atoms with Crippen LogP contribution in [0, 0.1) is 0 Å². The summed E-state index contributed by atoms with van der Waals surface area (Å²) < 4.78 is 2.36. The van der Waals surface area contributed by atoms with Crippen molar-refractivity contribution in [3.05, 3.63) is 192 Å². The van der Waals surface area contributed by atoms with Gasteiger partial charge in [-0.2, -0.15) is 0 Å². The molecule has 71 heavy (non-hydrogen) atoms. The van der Waals surface area contributed by atoms with Gasteiger partial charge in [-0.3, -0.25) is 0 Å². The van der Waals surface area contributed by atoms with Crippen LogP contribution >= 0.6 is 0 Å². The van der Waals surface area contributed by atoms with Gasteiger partial charge in [0, 0.05) is 44.2 Å². The lowest BCUT2D eigenvalue weighted by Crippen LogP contribution is -2.17. The molecule has 6 heteroatoms. The molecule has 0 spiro atoms. The quantitative estimate of drug-likeness (QED) is 0.159. The Morgan fingerprint density at radius 2 is 0.662 bits per heavy atom. The van der Waals surface area contributed by atoms with Gasteiger partial charge in [-0.05, 0) is 105 Å². The average Bonchev–Trinajstić information content (AvgIpc) is 3.69. The molecule has 0 saturated carbocycles. The highest BCUT2D eigenvalue weighted by Crippen LogP contribution is 2.41. The van der Waals surface area contributed by atoms with E-state index in [1.54, 1.807) is 0 Å². The van der Waals surface area contributed by atoms with Crippen molar-refractivity contribution in [1.82, 2.24) is 29.5 Å². The molecule has 0 radical (unpaired) electrons. The minimum atomic E-state index is -0.123. The predicted molar refractivity (Wildman–Crippen MR) is 297 cm³/mol. The summed E-state index contributed by atoms with van der Waals surface area (Å²) in [5.41, 5.74) is 14.8. The Morgan fingerprint density at radius 3 is 1.07 bits per heavy atom. The van der Waals surface area contributed by atoms with Crippen LogP contribution in [0.2, 0.25) is 0 Å². The van der Waals surface area contributed by atoms with Crippen LogP contribution < -0.4 is 0 Å². The number of aromatic nitrogens is 6. The summed E-state index contributed by atoms with van der Waals surface area (Å²) in [6.45, 7) is 27.3. The third-order valence-electron chi connectivity index (χ3n) is 13.7. The van der Waals surface area contributed by atoms with E-state index in [2.05, 4.69) is 245 Å². The summed E-state index contributed by atoms with van der Waals surface area (Å²) in [7, 11) is 0. The molecule has 0 amide bonds. The summed E-state index contributed by atoms with van der Waals surface area (Å²) >= 11 is 0. The largest absolute Gasteiger partial charge is 0.309 e. The molecule has 0 aliphatic heterocycles. The molecule has 0 atom stereocenters. The Labute approximate surface area is 420 Å². The Balaban J connectivity index is 1.32. The van der Waals surface area contributed by atoms with Crippen LogP contribution in [0.1, 0.15) is 105 Å². The van der Waals surface area contributed by atoms with Gasteiger partial charge in [0.1, 0.15) is 0 Å². The average molecular weight is 929 g/mol. The van der Waals surface area contributed by atoms with Crippen molar-refractivity contribution in [2.45, 2.75) is 105 Å². The highest BCUT2D eigenvalue weighted by Gasteiger charge is 2.27. The molecule has 354 valence electrons. The summed E-state index contributed by atoms with van der Waals surface area (Å²) in [4.78, 5) is 27.3. The summed E-state index contributed by atoms with van der Waals surface area (Å²) in [6.07, 6.45) is 0. The highest BCUT2D eigenvalue weighted by molar-refractivity contribution is 6.09. The van der Waals surface area contributed by atoms with Crippen LogP contribution in [0.4, 0.5) is 0 Å². The van der Waals surface area contributed by atoms with E-state index < -0.39 is 0 Å². The molecule has 0 N–H and O–H groups in total. The third-order valence-corrected chi connectivity index (χ3v) is 13.7. The van der Waals surface area contributed by atoms with Crippen LogP contribution in [-0.2, 0) is 21.7 Å². The topological polar surface area (TPSA) is 69.4 Å². The first-order chi connectivity index (χ1) is 33.7. The van der Waals surface area contributed by atoms with E-state index in [1.165, 1.54) is 33.0 Å². The van der Waals surface area contributed by atoms with Crippen LogP contribution in [0.3, 0.4) is 0 Å². The molecule has 10 rings (SSSR count). The molecule has 6 nitrogen and oxygen atoms in total. The number of nitrogens with zero attached hydrogens (tertiary/aromatic N) is 6. The number of rotatable bonds is 7. The van der Waals surface area contributed by atoms with Crippen LogP contribution in [-0.4, -0.2) is 29.5 Å². The summed E-state index contributed by atoms with van der Waals surface area (Å²) in [5, 5.41) is 2.34. The lowest BCUT2D eigenvalue weighted by atomic mass is 9.79. The highest BCUT2D eigenvalue weighted by atomic mass is 15.1. The van der Waals surface area contributed by atoms with Gasteiger partial charge >= 0.3 is 0 Å². The lowest BCUT2D eigenvalue weighted by Gasteiger charge is -2.26. The molecule has 3 heterocycles. The van der Waals surface area contributed by atoms with E-state index in [4.69, 9.17) is 24.9 Å². The number of benzene rings is 7. The maximum atomic E-state index is 5.61. The van der Waals surface area contributed by atoms with E-state index in [0.717, 1.165) is 61.5 Å². The first-order valence-electron chi connectivity index (χ1n) is 24.9. The summed E-state index contributed by atoms with van der Waals surface area (Å²) in [6, 6.07) is 60.4. The maximum absolute atomic E-state index is 5.61. The minimum Gasteiger partial charge on any atom is -0.309 e. The normalized spacial score (nSPS) is 12.5. The molecular weight excluding hydrogens is 865 g/mol. The molecule has 0 saturated heterocycles. The molecule has 7 aromatic carbocycles. The van der Waals surface area contributed by atoms with Gasteiger partial charge in [-0.1, -0.05) is 192 Å². The number of para-hydroxylation sites is 2. The Morgan fingerprint density at radius 1 is 0.296 bits per heavy atom. The second kappa shape index (κ2) is 17.7. The van der Waals surface area contributed by atoms with Crippen molar-refractivity contribution in [1.29, 1.82) is 0 Å². The third kappa shape index (κ3) is 9.44. The molecule has 3 aromatic heterocycles. The fourth-order valence-corrected chi connectivity index (χ4v) is 9.32. The van der Waals surface area contributed by atoms with Gasteiger partial charge in [0.15, 0.2) is 23.3 Å². The SMILES string of the molecule is CC(C)(C)c1cc(-c2nc(-c3cc(C(C)(C)C)cc(C(C)(C)C)c3)nc(-c3cc(-c4nc(-c5ccccc5)cc(-c5ccccc5)n4)ccc3-n3c4ccccc4c4ccccc43)n2)cc(C(C)(C)C)c1. The van der Waals surface area contributed by atoms with Crippen molar-refractivity contribution in [3.8, 4) is 73.8 Å². The smallest absolute Gasteiger partial charge is 0.166 e. The molecule has 0 aliphatic rings. The first kappa shape index (κ1) is 47.1. The van der Waals surface area contributed by atoms with E-state index >= 15 is 0 Å². The van der Waals surface area contributed by atoms with Crippen LogP contribution in [0.5, 0.6) is 0 Å². The Kier molecular flexibility index (Phi) is 11.7. The zero-order valence-electron chi connectivity index (χ0n) is 43.3. The fraction of sp³-hybridized carbons (Fsp3) is 0.246. The molecule has 0 unspecified atom stereocenters. The zero-order valence-corrected chi connectivity index (χ0v) is 43.3. The number of fused-ring (bicyclic) bond motifs is 3. The fourth-order valence-electron chi connectivity index (χ4n) is 9.32. The van der Waals surface area contributed by atoms with Crippen LogP contribution in [0.25, 0.3) is 95.6 Å². The van der Waals surface area contributed by atoms with Crippen molar-refractivity contribution in [2.75, 3.05) is 0 Å². The zero-order chi connectivity index (χ0) is 50.0. The van der Waals surface area contributed by atoms with Gasteiger partial charge in [-0.25, -0.2) is 24.9 Å². The number of hydrogen-bond donors (Lipinski definition) is 0. The van der Waals surface area contributed by atoms with E-state index in [9.17, 15) is 0 Å². The maximum Gasteiger partial charge on any atom is 0.166 e. The Bertz CT molecular complexity index is 3340. The van der Waals surface area contributed by atoms with Crippen molar-refractivity contribution < 1.29 is 0 Å². The Hall–Kier alpha value is -7.57. The standard InChI is InChI=1S/C65H64N6/c1-62(2,3)46-33-44(34-47(38-46)63(4,5)6)59-68-60(45-35-48(64(7,8)9)39-49(36-45)65(10,11)12)70-61(69-59)52-37-43(31-32-57(52)71-55-29-21-19-27-50(55)51-28-20-22-30-56(51)71)58-66-53(41-23-15-13-16-24-41)40-54(67-58)42-25-17-14-18-26-42/h13-40H,1-12H3. The first-order valence-corrected chi connectivity index (χ1v) is 24.9. The monoisotopic (exact) mass is 929 g/mol. The van der Waals surface area contributed by atoms with Crippen molar-refractivity contribution in [3.63, 3.8) is 0 Å². The van der Waals surface area contributed by atoms with Crippen molar-refractivity contribution >= 4 is 21.8 Å². The van der Waals surface area contributed by atoms with Gasteiger partial charge < -0.3 is 4.57 Å². The second-order valence-electron chi connectivity index (χ2n) is 23.2. The van der Waals surface area contributed by atoms with Crippen LogP contribution in [0.15, 0.2) is 170 Å². The molecular formula is C65H64N6. The van der Waals surface area contributed by atoms with Crippen molar-refractivity contribution in [2.24, 2.45) is 0 Å².